The summed E-state index contributed by atoms with van der Waals surface area (Å²) in [5, 5.41) is 8.48. The second kappa shape index (κ2) is 6.36. The van der Waals surface area contributed by atoms with Crippen molar-refractivity contribution in [2.24, 2.45) is 4.99 Å². The zero-order chi connectivity index (χ0) is 11.8. The predicted molar refractivity (Wildman–Crippen MR) is 60.5 cm³/mol. The SMILES string of the molecule is CCOC(=O)C=Nc1ccc(CC#N)cc1. The van der Waals surface area contributed by atoms with Gasteiger partial charge in [0, 0.05) is 0 Å². The van der Waals surface area contributed by atoms with Crippen LogP contribution in [0.25, 0.3) is 0 Å². The van der Waals surface area contributed by atoms with Gasteiger partial charge < -0.3 is 4.74 Å². The summed E-state index contributed by atoms with van der Waals surface area (Å²) in [6, 6.07) is 9.18. The molecule has 0 aromatic heterocycles. The van der Waals surface area contributed by atoms with E-state index < -0.39 is 5.97 Å². The topological polar surface area (TPSA) is 62.4 Å². The molecule has 0 saturated carbocycles. The number of ether oxygens (including phenoxy) is 1. The van der Waals surface area contributed by atoms with E-state index >= 15 is 0 Å². The largest absolute Gasteiger partial charge is 0.462 e. The third kappa shape index (κ3) is 3.93. The van der Waals surface area contributed by atoms with Crippen LogP contribution in [0.3, 0.4) is 0 Å². The molecule has 4 heteroatoms. The fourth-order valence-corrected chi connectivity index (χ4v) is 1.10. The number of hydrogen-bond donors (Lipinski definition) is 0. The van der Waals surface area contributed by atoms with Gasteiger partial charge in [-0.2, -0.15) is 5.26 Å². The zero-order valence-corrected chi connectivity index (χ0v) is 9.01. The Morgan fingerprint density at radius 2 is 2.19 bits per heavy atom. The predicted octanol–water partition coefficient (Wildman–Crippen LogP) is 2.02. The summed E-state index contributed by atoms with van der Waals surface area (Å²) in [4.78, 5) is 14.9. The van der Waals surface area contributed by atoms with E-state index in [9.17, 15) is 4.79 Å². The smallest absolute Gasteiger partial charge is 0.349 e. The van der Waals surface area contributed by atoms with Gasteiger partial charge in [-0.05, 0) is 24.6 Å². The highest BCUT2D eigenvalue weighted by Crippen LogP contribution is 2.12. The molecule has 16 heavy (non-hydrogen) atoms. The van der Waals surface area contributed by atoms with Gasteiger partial charge in [0.1, 0.15) is 6.21 Å². The highest BCUT2D eigenvalue weighted by atomic mass is 16.5. The van der Waals surface area contributed by atoms with Crippen LogP contribution in [0.1, 0.15) is 12.5 Å². The molecule has 0 spiro atoms. The zero-order valence-electron chi connectivity index (χ0n) is 9.01. The van der Waals surface area contributed by atoms with Gasteiger partial charge in [0.2, 0.25) is 0 Å². The number of nitrogens with zero attached hydrogens (tertiary/aromatic N) is 2. The van der Waals surface area contributed by atoms with Crippen LogP contribution in [-0.2, 0) is 16.0 Å². The monoisotopic (exact) mass is 216 g/mol. The number of aliphatic imine (C=N–C) groups is 1. The Kier molecular flexibility index (Phi) is 4.74. The Bertz CT molecular complexity index is 416. The van der Waals surface area contributed by atoms with Crippen molar-refractivity contribution >= 4 is 17.9 Å². The number of rotatable bonds is 4. The number of nitriles is 1. The summed E-state index contributed by atoms with van der Waals surface area (Å²) in [6.07, 6.45) is 1.52. The molecular weight excluding hydrogens is 204 g/mol. The maximum atomic E-state index is 11.0. The second-order valence-electron chi connectivity index (χ2n) is 3.01. The first-order valence-electron chi connectivity index (χ1n) is 4.93. The number of benzene rings is 1. The maximum Gasteiger partial charge on any atom is 0.349 e. The number of carbonyl (C=O) groups excluding carboxylic acids is 1. The summed E-state index contributed by atoms with van der Waals surface area (Å²) in [7, 11) is 0. The van der Waals surface area contributed by atoms with Crippen LogP contribution in [0, 0.1) is 11.3 Å². The molecular formula is C12H12N2O2. The van der Waals surface area contributed by atoms with Crippen molar-refractivity contribution in [1.82, 2.24) is 0 Å². The van der Waals surface area contributed by atoms with E-state index in [-0.39, 0.29) is 0 Å². The summed E-state index contributed by atoms with van der Waals surface area (Å²) >= 11 is 0. The lowest BCUT2D eigenvalue weighted by atomic mass is 10.1. The van der Waals surface area contributed by atoms with Gasteiger partial charge >= 0.3 is 5.97 Å². The molecule has 0 aliphatic heterocycles. The first-order valence-corrected chi connectivity index (χ1v) is 4.93. The standard InChI is InChI=1S/C12H12N2O2/c1-2-16-12(15)9-14-11-5-3-10(4-6-11)7-8-13/h3-6,9H,2,7H2,1H3. The highest BCUT2D eigenvalue weighted by Gasteiger charge is 1.95. The molecule has 0 N–H and O–H groups in total. The molecule has 1 aromatic carbocycles. The molecule has 0 unspecified atom stereocenters. The van der Waals surface area contributed by atoms with E-state index in [0.717, 1.165) is 11.8 Å². The van der Waals surface area contributed by atoms with Gasteiger partial charge in [-0.1, -0.05) is 12.1 Å². The number of carbonyl (C=O) groups is 1. The highest BCUT2D eigenvalue weighted by molar-refractivity contribution is 6.23. The molecule has 1 rings (SSSR count). The van der Waals surface area contributed by atoms with E-state index in [2.05, 4.69) is 11.1 Å². The first-order chi connectivity index (χ1) is 7.76. The summed E-state index contributed by atoms with van der Waals surface area (Å²) < 4.78 is 4.69. The molecule has 4 nitrogen and oxygen atoms in total. The summed E-state index contributed by atoms with van der Waals surface area (Å²) in [5.74, 6) is -0.455. The van der Waals surface area contributed by atoms with Gasteiger partial charge in [0.05, 0.1) is 24.8 Å². The molecule has 0 heterocycles. The average Bonchev–Trinajstić information content (AvgIpc) is 2.29. The van der Waals surface area contributed by atoms with Crippen molar-refractivity contribution < 1.29 is 9.53 Å². The van der Waals surface area contributed by atoms with Gasteiger partial charge in [0.15, 0.2) is 0 Å². The van der Waals surface area contributed by atoms with E-state index in [1.807, 2.05) is 0 Å². The molecule has 1 aromatic rings. The van der Waals surface area contributed by atoms with Gasteiger partial charge in [-0.15, -0.1) is 0 Å². The van der Waals surface area contributed by atoms with Crippen molar-refractivity contribution in [3.63, 3.8) is 0 Å². The van der Waals surface area contributed by atoms with Crippen molar-refractivity contribution in [3.8, 4) is 6.07 Å². The minimum atomic E-state index is -0.455. The fourth-order valence-electron chi connectivity index (χ4n) is 1.10. The number of esters is 1. The van der Waals surface area contributed by atoms with Gasteiger partial charge in [0.25, 0.3) is 0 Å². The van der Waals surface area contributed by atoms with Crippen LogP contribution in [-0.4, -0.2) is 18.8 Å². The Hall–Kier alpha value is -2.15. The summed E-state index contributed by atoms with van der Waals surface area (Å²) in [5.41, 5.74) is 1.59. The quantitative estimate of drug-likeness (QED) is 0.571. The molecule has 0 bridgehead atoms. The fraction of sp³-hybridized carbons (Fsp3) is 0.250. The molecule has 0 amide bonds. The molecule has 0 fully saturated rings. The van der Waals surface area contributed by atoms with Crippen molar-refractivity contribution in [3.05, 3.63) is 29.8 Å². The normalized spacial score (nSPS) is 10.0. The van der Waals surface area contributed by atoms with E-state index in [4.69, 9.17) is 10.00 Å². The first kappa shape index (κ1) is 11.9. The lowest BCUT2D eigenvalue weighted by molar-refractivity contribution is -0.134. The van der Waals surface area contributed by atoms with Crippen molar-refractivity contribution in [2.75, 3.05) is 6.61 Å². The van der Waals surface area contributed by atoms with E-state index in [1.54, 1.807) is 31.2 Å². The Morgan fingerprint density at radius 3 is 2.75 bits per heavy atom. The van der Waals surface area contributed by atoms with Crippen molar-refractivity contribution in [2.45, 2.75) is 13.3 Å². The minimum Gasteiger partial charge on any atom is -0.462 e. The summed E-state index contributed by atoms with van der Waals surface area (Å²) in [6.45, 7) is 2.08. The third-order valence-electron chi connectivity index (χ3n) is 1.83. The van der Waals surface area contributed by atoms with Crippen LogP contribution in [0.2, 0.25) is 0 Å². The van der Waals surface area contributed by atoms with E-state index in [1.165, 1.54) is 0 Å². The van der Waals surface area contributed by atoms with Gasteiger partial charge in [-0.25, -0.2) is 9.79 Å². The van der Waals surface area contributed by atoms with Crippen molar-refractivity contribution in [1.29, 1.82) is 5.26 Å². The average molecular weight is 216 g/mol. The molecule has 0 saturated heterocycles. The van der Waals surface area contributed by atoms with Crippen LogP contribution >= 0.6 is 0 Å². The second-order valence-corrected chi connectivity index (χ2v) is 3.01. The molecule has 0 aliphatic carbocycles. The molecule has 0 atom stereocenters. The van der Waals surface area contributed by atoms with Crippen LogP contribution in [0.5, 0.6) is 0 Å². The minimum absolute atomic E-state index is 0.339. The Labute approximate surface area is 94.2 Å². The Balaban J connectivity index is 2.62. The number of hydrogen-bond acceptors (Lipinski definition) is 4. The van der Waals surface area contributed by atoms with Crippen LogP contribution < -0.4 is 0 Å². The Morgan fingerprint density at radius 1 is 1.50 bits per heavy atom. The molecule has 0 radical (unpaired) electrons. The van der Waals surface area contributed by atoms with Crippen LogP contribution in [0.15, 0.2) is 29.3 Å². The third-order valence-corrected chi connectivity index (χ3v) is 1.83. The van der Waals surface area contributed by atoms with Gasteiger partial charge in [-0.3, -0.25) is 0 Å². The van der Waals surface area contributed by atoms with E-state index in [0.29, 0.717) is 18.7 Å². The maximum absolute atomic E-state index is 11.0. The van der Waals surface area contributed by atoms with Crippen LogP contribution in [0.4, 0.5) is 5.69 Å². The lowest BCUT2D eigenvalue weighted by Crippen LogP contribution is -2.04. The molecule has 0 aliphatic rings. The molecule has 82 valence electrons. The lowest BCUT2D eigenvalue weighted by Gasteiger charge is -1.96.